The van der Waals surface area contributed by atoms with E-state index in [1.165, 1.54) is 12.1 Å². The van der Waals surface area contributed by atoms with E-state index in [1.807, 2.05) is 6.07 Å². The minimum atomic E-state index is -0.421. The smallest absolute Gasteiger partial charge is 0.257 e. The summed E-state index contributed by atoms with van der Waals surface area (Å²) < 4.78 is 14.8. The highest BCUT2D eigenvalue weighted by Crippen LogP contribution is 2.38. The molecule has 0 bridgehead atoms. The highest BCUT2D eigenvalue weighted by molar-refractivity contribution is 6.12. The van der Waals surface area contributed by atoms with Crippen molar-refractivity contribution in [2.45, 2.75) is 57.1 Å². The van der Waals surface area contributed by atoms with Crippen LogP contribution in [-0.4, -0.2) is 46.2 Å². The number of fused-ring (bicyclic) bond motifs is 1. The molecule has 1 aliphatic carbocycles. The molecule has 1 saturated carbocycles. The molecule has 5 rings (SSSR count). The molecule has 1 aromatic carbocycles. The van der Waals surface area contributed by atoms with Gasteiger partial charge in [0.25, 0.3) is 5.91 Å². The average Bonchev–Trinajstić information content (AvgIpc) is 2.84. The number of rotatable bonds is 4. The van der Waals surface area contributed by atoms with Gasteiger partial charge in [0.1, 0.15) is 5.82 Å². The number of nitrogens with two attached hydrogens (primary N) is 1. The van der Waals surface area contributed by atoms with Gasteiger partial charge < -0.3 is 21.1 Å². The Hall–Kier alpha value is -3.10. The van der Waals surface area contributed by atoms with Gasteiger partial charge in [-0.25, -0.2) is 4.39 Å². The summed E-state index contributed by atoms with van der Waals surface area (Å²) in [5.74, 6) is -0.00206. The Morgan fingerprint density at radius 3 is 2.74 bits per heavy atom. The monoisotopic (exact) mass is 477 g/mol. The van der Waals surface area contributed by atoms with Gasteiger partial charge in [0.2, 0.25) is 0 Å². The maximum atomic E-state index is 14.8. The minimum Gasteiger partial charge on any atom is -0.393 e. The van der Waals surface area contributed by atoms with Gasteiger partial charge in [-0.1, -0.05) is 6.92 Å². The van der Waals surface area contributed by atoms with Crippen molar-refractivity contribution < 1.29 is 14.3 Å². The maximum absolute atomic E-state index is 14.8. The molecule has 2 fully saturated rings. The summed E-state index contributed by atoms with van der Waals surface area (Å²) in [6.45, 7) is 3.58. The summed E-state index contributed by atoms with van der Waals surface area (Å²) in [5.41, 5.74) is 9.39. The predicted octanol–water partition coefficient (Wildman–Crippen LogP) is 4.21. The van der Waals surface area contributed by atoms with Crippen LogP contribution >= 0.6 is 0 Å². The lowest BCUT2D eigenvalue weighted by molar-refractivity contribution is 0.102. The number of amides is 1. The van der Waals surface area contributed by atoms with E-state index < -0.39 is 5.82 Å². The number of aromatic nitrogens is 2. The first kappa shape index (κ1) is 23.6. The topological polar surface area (TPSA) is 104 Å². The van der Waals surface area contributed by atoms with Gasteiger partial charge in [-0.2, -0.15) is 0 Å². The molecule has 1 aliphatic heterocycles. The van der Waals surface area contributed by atoms with Crippen LogP contribution in [0.1, 0.15) is 60.9 Å². The number of aliphatic hydroxyl groups excluding tert-OH is 1. The quantitative estimate of drug-likeness (QED) is 0.520. The Labute approximate surface area is 204 Å². The Kier molecular flexibility index (Phi) is 6.67. The van der Waals surface area contributed by atoms with Crippen LogP contribution in [0.5, 0.6) is 0 Å². The molecule has 2 aromatic heterocycles. The fraction of sp³-hybridized carbons (Fsp3) is 0.444. The van der Waals surface area contributed by atoms with Crippen molar-refractivity contribution in [2.75, 3.05) is 23.3 Å². The maximum Gasteiger partial charge on any atom is 0.257 e. The summed E-state index contributed by atoms with van der Waals surface area (Å²) in [5, 5.41) is 13.1. The highest BCUT2D eigenvalue weighted by Gasteiger charge is 2.28. The van der Waals surface area contributed by atoms with E-state index in [4.69, 9.17) is 5.73 Å². The standard InChI is InChI=1S/C27H32FN5O2/c1-16-10-17(12-18(29)11-16)21-4-7-30-15-25(21)32-27(35)22-2-3-24(28)23-13-19(14-31-26(22)23)33-8-5-20(34)6-9-33/h2-4,7,13-18,20,34H,5-6,8-12,29H2,1H3,(H,32,35). The van der Waals surface area contributed by atoms with Crippen LogP contribution in [0.3, 0.4) is 0 Å². The third-order valence-corrected chi connectivity index (χ3v) is 7.38. The number of benzene rings is 1. The van der Waals surface area contributed by atoms with Crippen molar-refractivity contribution in [3.8, 4) is 0 Å². The van der Waals surface area contributed by atoms with Gasteiger partial charge in [0.05, 0.1) is 41.0 Å². The second-order valence-corrected chi connectivity index (χ2v) is 10.1. The fourth-order valence-corrected chi connectivity index (χ4v) is 5.62. The molecule has 2 aliphatic rings. The molecule has 7 nitrogen and oxygen atoms in total. The number of anilines is 2. The van der Waals surface area contributed by atoms with Crippen LogP contribution in [0.2, 0.25) is 0 Å². The van der Waals surface area contributed by atoms with E-state index in [2.05, 4.69) is 27.1 Å². The van der Waals surface area contributed by atoms with E-state index in [0.717, 1.165) is 30.5 Å². The van der Waals surface area contributed by atoms with Gasteiger partial charge in [0, 0.05) is 30.7 Å². The number of halogens is 1. The molecule has 0 spiro atoms. The lowest BCUT2D eigenvalue weighted by Crippen LogP contribution is -2.35. The summed E-state index contributed by atoms with van der Waals surface area (Å²) in [7, 11) is 0. The molecule has 1 amide bonds. The molecular formula is C27H32FN5O2. The number of piperidine rings is 1. The SMILES string of the molecule is CC1CC(N)CC(c2ccncc2NC(=O)c2ccc(F)c3cc(N4CCC(O)CC4)cnc23)C1. The van der Waals surface area contributed by atoms with E-state index >= 15 is 0 Å². The molecule has 35 heavy (non-hydrogen) atoms. The number of nitrogens with zero attached hydrogens (tertiary/aromatic N) is 3. The van der Waals surface area contributed by atoms with Crippen LogP contribution < -0.4 is 16.0 Å². The van der Waals surface area contributed by atoms with Gasteiger partial charge >= 0.3 is 0 Å². The fourth-order valence-electron chi connectivity index (χ4n) is 5.62. The van der Waals surface area contributed by atoms with Crippen LogP contribution in [-0.2, 0) is 0 Å². The van der Waals surface area contributed by atoms with Crippen LogP contribution in [0.4, 0.5) is 15.8 Å². The lowest BCUT2D eigenvalue weighted by atomic mass is 9.76. The Morgan fingerprint density at radius 1 is 1.17 bits per heavy atom. The van der Waals surface area contributed by atoms with Crippen molar-refractivity contribution in [1.82, 2.24) is 9.97 Å². The zero-order valence-electron chi connectivity index (χ0n) is 20.0. The number of pyridine rings is 2. The molecule has 3 atom stereocenters. The van der Waals surface area contributed by atoms with Crippen molar-refractivity contribution in [1.29, 1.82) is 0 Å². The van der Waals surface area contributed by atoms with Gasteiger partial charge in [-0.15, -0.1) is 0 Å². The normalized spacial score (nSPS) is 23.4. The first-order valence-corrected chi connectivity index (χ1v) is 12.4. The molecule has 184 valence electrons. The van der Waals surface area contributed by atoms with Crippen LogP contribution in [0.15, 0.2) is 42.9 Å². The number of carbonyl (C=O) groups excluding carboxylic acids is 1. The molecule has 3 aromatic rings. The molecule has 1 saturated heterocycles. The highest BCUT2D eigenvalue weighted by atomic mass is 19.1. The van der Waals surface area contributed by atoms with Gasteiger partial charge in [-0.3, -0.25) is 14.8 Å². The zero-order chi connectivity index (χ0) is 24.5. The van der Waals surface area contributed by atoms with Crippen LogP contribution in [0, 0.1) is 11.7 Å². The summed E-state index contributed by atoms with van der Waals surface area (Å²) in [6, 6.07) is 6.63. The Balaban J connectivity index is 1.42. The number of hydrogen-bond donors (Lipinski definition) is 3. The number of aliphatic hydroxyl groups is 1. The minimum absolute atomic E-state index is 0.142. The van der Waals surface area contributed by atoms with E-state index in [0.29, 0.717) is 54.0 Å². The van der Waals surface area contributed by atoms with Crippen molar-refractivity contribution in [3.63, 3.8) is 0 Å². The molecule has 3 heterocycles. The van der Waals surface area contributed by atoms with E-state index in [-0.39, 0.29) is 24.0 Å². The van der Waals surface area contributed by atoms with Crippen molar-refractivity contribution in [3.05, 3.63) is 59.8 Å². The molecule has 4 N–H and O–H groups in total. The summed E-state index contributed by atoms with van der Waals surface area (Å²) >= 11 is 0. The molecule has 8 heteroatoms. The first-order valence-electron chi connectivity index (χ1n) is 12.4. The first-order chi connectivity index (χ1) is 16.9. The second kappa shape index (κ2) is 9.87. The molecular weight excluding hydrogens is 445 g/mol. The average molecular weight is 478 g/mol. The van der Waals surface area contributed by atoms with Crippen molar-refractivity contribution in [2.24, 2.45) is 11.7 Å². The second-order valence-electron chi connectivity index (χ2n) is 10.1. The van der Waals surface area contributed by atoms with E-state index in [9.17, 15) is 14.3 Å². The lowest BCUT2D eigenvalue weighted by Gasteiger charge is -2.32. The van der Waals surface area contributed by atoms with E-state index in [1.54, 1.807) is 24.7 Å². The van der Waals surface area contributed by atoms with Gasteiger partial charge in [0.15, 0.2) is 0 Å². The number of nitrogens with one attached hydrogen (secondary N) is 1. The largest absolute Gasteiger partial charge is 0.393 e. The summed E-state index contributed by atoms with van der Waals surface area (Å²) in [4.78, 5) is 24.2. The van der Waals surface area contributed by atoms with Crippen molar-refractivity contribution >= 4 is 28.2 Å². The Bertz CT molecular complexity index is 1220. The number of carbonyl (C=O) groups is 1. The zero-order valence-corrected chi connectivity index (χ0v) is 20.0. The Morgan fingerprint density at radius 2 is 1.97 bits per heavy atom. The van der Waals surface area contributed by atoms with Crippen LogP contribution in [0.25, 0.3) is 10.9 Å². The predicted molar refractivity (Wildman–Crippen MR) is 135 cm³/mol. The molecule has 0 radical (unpaired) electrons. The molecule has 3 unspecified atom stereocenters. The third-order valence-electron chi connectivity index (χ3n) is 7.38. The third kappa shape index (κ3) is 4.99. The summed E-state index contributed by atoms with van der Waals surface area (Å²) in [6.07, 6.45) is 9.02. The number of hydrogen-bond acceptors (Lipinski definition) is 6. The van der Waals surface area contributed by atoms with Gasteiger partial charge in [-0.05, 0) is 73.8 Å².